The molecule has 3 atom stereocenters. The number of hydrogen-bond donors (Lipinski definition) is 0. The number of benzene rings is 1. The maximum atomic E-state index is 12.0. The summed E-state index contributed by atoms with van der Waals surface area (Å²) in [4.78, 5) is 111. The smallest absolute Gasteiger partial charge is 0.333 e. The molecular formula is C89H150O26S. The lowest BCUT2D eigenvalue weighted by molar-refractivity contribution is -0.152. The fourth-order valence-corrected chi connectivity index (χ4v) is 7.97. The second-order valence-corrected chi connectivity index (χ2v) is 30.3. The molecule has 1 saturated heterocycles. The van der Waals surface area contributed by atoms with Gasteiger partial charge in [0, 0.05) is 70.9 Å². The van der Waals surface area contributed by atoms with Crippen molar-refractivity contribution in [2.75, 3.05) is 105 Å². The van der Waals surface area contributed by atoms with Crippen molar-refractivity contribution < 1.29 is 124 Å². The van der Waals surface area contributed by atoms with E-state index in [1.54, 1.807) is 32.5 Å². The molecule has 27 heteroatoms. The zero-order valence-electron chi connectivity index (χ0n) is 74.5. The van der Waals surface area contributed by atoms with Crippen LogP contribution in [0.2, 0.25) is 0 Å². The molecule has 0 amide bonds. The van der Waals surface area contributed by atoms with Crippen molar-refractivity contribution in [1.82, 2.24) is 0 Å². The standard InChI is InChI=1S/C19H26O5S.C13H22O5.C12H20O5.C11H22O3.C10H18O2.C9H16O2.C8H14O2.C7H12O2/c1-4-18(20)22-12-8-11-19(21)24-16(13-23-15(2)3)14-25-17-9-6-5-7-10-17;1-10(2)13(15)18-7-5-6-12(14)17-9-8-16-11(3)4;1-4-11(13)16-7-5-6-12(14)17-9-8-15-10(2)3;1-8(2)11(7-12-9(3)4)14-6-10-5-13-10;1-8(2)6-5-7-12-10(11)9(3)4;1-4-9(10)11-7-5-6-8(2)3;1-6(2)5-10-8(9)7(3)4;1-4-7(8)9-5-6(2)3/h4-7,9-10,15-16H,1,8,11-14H2,2-3H3;11H,1,5-9H2,2-4H3;4,10H,1,5-9H2,2-3H3;8-11H,5-7H2,1-4H3;8H,3,5-7H2,1-2,4H3;4,8H,1,5-7H2,2-3H3;6H,3,5H2,1-2,4H3;4,6H,1,5H2,2-3H3. The van der Waals surface area contributed by atoms with E-state index in [1.165, 1.54) is 12.2 Å². The lowest BCUT2D eigenvalue weighted by Crippen LogP contribution is -2.28. The van der Waals surface area contributed by atoms with Crippen LogP contribution in [-0.2, 0) is 124 Å². The van der Waals surface area contributed by atoms with Crippen molar-refractivity contribution in [3.8, 4) is 0 Å². The minimum Gasteiger partial charge on any atom is -0.463 e. The molecule has 1 aliphatic heterocycles. The molecular weight excluding hydrogens is 1520 g/mol. The Bertz CT molecular complexity index is 2820. The van der Waals surface area contributed by atoms with Crippen molar-refractivity contribution in [3.05, 3.63) is 117 Å². The van der Waals surface area contributed by atoms with E-state index in [4.69, 9.17) is 75.8 Å². The Kier molecular flexibility index (Phi) is 83.1. The van der Waals surface area contributed by atoms with Gasteiger partial charge in [-0.2, -0.15) is 0 Å². The Morgan fingerprint density at radius 2 is 0.741 bits per heavy atom. The topological polar surface area (TPSA) is 322 Å². The Morgan fingerprint density at radius 3 is 1.09 bits per heavy atom. The Morgan fingerprint density at radius 1 is 0.397 bits per heavy atom. The fraction of sp³-hybridized carbons (Fsp3) is 0.663. The van der Waals surface area contributed by atoms with Gasteiger partial charge in [0.25, 0.3) is 0 Å². The zero-order chi connectivity index (χ0) is 89.8. The van der Waals surface area contributed by atoms with E-state index in [0.29, 0.717) is 137 Å². The molecule has 0 saturated carbocycles. The second-order valence-electron chi connectivity index (χ2n) is 29.2. The van der Waals surface area contributed by atoms with Crippen LogP contribution in [-0.4, -0.2) is 207 Å². The van der Waals surface area contributed by atoms with E-state index in [-0.39, 0.29) is 131 Å². The minimum atomic E-state index is -0.490. The van der Waals surface area contributed by atoms with Gasteiger partial charge >= 0.3 is 59.7 Å². The highest BCUT2D eigenvalue weighted by Gasteiger charge is 2.26. The molecule has 2 rings (SSSR count). The summed E-state index contributed by atoms with van der Waals surface area (Å²) in [6.45, 7) is 71.4. The summed E-state index contributed by atoms with van der Waals surface area (Å²) in [5.74, 6) is -0.344. The maximum absolute atomic E-state index is 12.0. The molecule has 0 bridgehead atoms. The number of epoxide rings is 1. The molecule has 3 unspecified atom stereocenters. The third kappa shape index (κ3) is 96.8. The van der Waals surface area contributed by atoms with E-state index >= 15 is 0 Å². The van der Waals surface area contributed by atoms with Gasteiger partial charge in [0.15, 0.2) is 0 Å². The molecule has 0 radical (unpaired) electrons. The van der Waals surface area contributed by atoms with Gasteiger partial charge in [-0.05, 0) is 163 Å². The fourth-order valence-electron chi connectivity index (χ4n) is 7.08. The number of thioether (sulfide) groups is 1. The third-order valence-electron chi connectivity index (χ3n) is 13.4. The van der Waals surface area contributed by atoms with Crippen LogP contribution >= 0.6 is 11.8 Å². The molecule has 0 aliphatic carbocycles. The number of rotatable bonds is 53. The first-order chi connectivity index (χ1) is 54.5. The molecule has 116 heavy (non-hydrogen) atoms. The molecule has 1 aromatic rings. The molecule has 0 spiro atoms. The van der Waals surface area contributed by atoms with E-state index in [1.807, 2.05) is 113 Å². The van der Waals surface area contributed by atoms with Crippen LogP contribution in [0, 0.1) is 29.6 Å². The highest BCUT2D eigenvalue weighted by molar-refractivity contribution is 7.99. The van der Waals surface area contributed by atoms with Gasteiger partial charge < -0.3 is 75.8 Å². The monoisotopic (exact) mass is 1670 g/mol. The molecule has 0 N–H and O–H groups in total. The predicted molar refractivity (Wildman–Crippen MR) is 455 cm³/mol. The van der Waals surface area contributed by atoms with Crippen LogP contribution in [0.1, 0.15) is 210 Å². The number of hydrogen-bond acceptors (Lipinski definition) is 27. The Labute approximate surface area is 700 Å². The number of esters is 10. The zero-order valence-corrected chi connectivity index (χ0v) is 75.3. The van der Waals surface area contributed by atoms with Crippen LogP contribution in [0.3, 0.4) is 0 Å². The Hall–Kier alpha value is -7.79. The first kappa shape index (κ1) is 119. The van der Waals surface area contributed by atoms with Gasteiger partial charge in [0.1, 0.15) is 25.4 Å². The summed E-state index contributed by atoms with van der Waals surface area (Å²) in [6, 6.07) is 9.93. The Balaban J connectivity index is -0.000000305. The van der Waals surface area contributed by atoms with Gasteiger partial charge in [0.05, 0.1) is 116 Å². The lowest BCUT2D eigenvalue weighted by Gasteiger charge is -2.22. The molecule has 1 fully saturated rings. The maximum Gasteiger partial charge on any atom is 0.333 e. The van der Waals surface area contributed by atoms with Gasteiger partial charge in [-0.25, -0.2) is 33.6 Å². The normalized spacial score (nSPS) is 11.9. The quantitative estimate of drug-likeness (QED) is 0.0146. The van der Waals surface area contributed by atoms with Gasteiger partial charge in [0.2, 0.25) is 0 Å². The molecule has 1 heterocycles. The highest BCUT2D eigenvalue weighted by Crippen LogP contribution is 2.20. The van der Waals surface area contributed by atoms with Crippen LogP contribution in [0.25, 0.3) is 0 Å². The van der Waals surface area contributed by atoms with Crippen molar-refractivity contribution in [2.45, 2.75) is 257 Å². The first-order valence-corrected chi connectivity index (χ1v) is 41.0. The molecule has 26 nitrogen and oxygen atoms in total. The lowest BCUT2D eigenvalue weighted by atomic mass is 10.1. The number of ether oxygens (including phenoxy) is 16. The SMILES string of the molecule is C=C(C)C(=O)OCC(C)C.C=C(C)C(=O)OCCCC(=O)OCCOC(C)C.C=C(C)C(=O)OCCCC(C)C.C=CC(=O)OCC(C)C.C=CC(=O)OCCCC(=O)OC(COC(C)C)CSc1ccccc1.C=CC(=O)OCCCC(=O)OCCOC(C)C.C=CC(=O)OCCCC(C)C.CC(C)OCC(OCC1CO1)C(C)C. The average molecular weight is 1670 g/mol. The largest absolute Gasteiger partial charge is 0.463 e. The second kappa shape index (κ2) is 81.0. The summed E-state index contributed by atoms with van der Waals surface area (Å²) in [6.07, 6.45) is 11.4. The van der Waals surface area contributed by atoms with Crippen molar-refractivity contribution in [1.29, 1.82) is 0 Å². The van der Waals surface area contributed by atoms with Crippen LogP contribution < -0.4 is 0 Å². The van der Waals surface area contributed by atoms with Crippen LogP contribution in [0.5, 0.6) is 0 Å². The summed E-state index contributed by atoms with van der Waals surface area (Å²) < 4.78 is 81.3. The highest BCUT2D eigenvalue weighted by atomic mass is 32.2. The third-order valence-corrected chi connectivity index (χ3v) is 14.5. The van der Waals surface area contributed by atoms with Crippen LogP contribution in [0.15, 0.2) is 122 Å². The predicted octanol–water partition coefficient (Wildman–Crippen LogP) is 16.6. The van der Waals surface area contributed by atoms with E-state index in [0.717, 1.165) is 49.3 Å². The van der Waals surface area contributed by atoms with Gasteiger partial charge in [-0.15, -0.1) is 11.8 Å². The summed E-state index contributed by atoms with van der Waals surface area (Å²) >= 11 is 1.62. The summed E-state index contributed by atoms with van der Waals surface area (Å²) in [5.41, 5.74) is 1.28. The van der Waals surface area contributed by atoms with E-state index in [2.05, 4.69) is 87.6 Å². The minimum absolute atomic E-state index is 0.0706. The van der Waals surface area contributed by atoms with Crippen molar-refractivity contribution in [2.24, 2.45) is 29.6 Å². The molecule has 1 aliphatic rings. The summed E-state index contributed by atoms with van der Waals surface area (Å²) in [7, 11) is 0. The average Bonchev–Trinajstić information content (AvgIpc) is 1.77. The van der Waals surface area contributed by atoms with Crippen molar-refractivity contribution in [3.63, 3.8) is 0 Å². The van der Waals surface area contributed by atoms with Gasteiger partial charge in [-0.1, -0.05) is 133 Å². The summed E-state index contributed by atoms with van der Waals surface area (Å²) in [5, 5.41) is 0. The number of carbonyl (C=O) groups is 10. The van der Waals surface area contributed by atoms with E-state index in [9.17, 15) is 47.9 Å². The van der Waals surface area contributed by atoms with Crippen molar-refractivity contribution >= 4 is 71.5 Å². The van der Waals surface area contributed by atoms with E-state index < -0.39 is 17.9 Å². The van der Waals surface area contributed by atoms with Gasteiger partial charge in [-0.3, -0.25) is 14.4 Å². The molecule has 668 valence electrons. The van der Waals surface area contributed by atoms with Crippen LogP contribution in [0.4, 0.5) is 0 Å². The molecule has 0 aromatic heterocycles. The molecule has 1 aromatic carbocycles. The first-order valence-electron chi connectivity index (χ1n) is 40.0. The number of carbonyl (C=O) groups excluding carboxylic acids is 10.